The number of carboxylic acid groups (broad SMARTS) is 2. The van der Waals surface area contributed by atoms with E-state index in [4.69, 9.17) is 30.6 Å². The molecule has 5 atom stereocenters. The summed E-state index contributed by atoms with van der Waals surface area (Å²) in [5.74, 6) is -3.00. The van der Waals surface area contributed by atoms with Crippen LogP contribution in [0.2, 0.25) is 0 Å². The van der Waals surface area contributed by atoms with E-state index in [1.165, 1.54) is 6.42 Å². The summed E-state index contributed by atoms with van der Waals surface area (Å²) in [6.07, 6.45) is 1.49. The van der Waals surface area contributed by atoms with Crippen LogP contribution in [0.5, 0.6) is 0 Å². The number of aliphatic hydroxyl groups is 4. The van der Waals surface area contributed by atoms with E-state index < -0.39 is 36.4 Å². The lowest BCUT2D eigenvalue weighted by Gasteiger charge is -2.21. The first-order valence-electron chi connectivity index (χ1n) is 8.05. The highest BCUT2D eigenvalue weighted by atomic mass is 16.4. The highest BCUT2D eigenvalue weighted by Gasteiger charge is 2.37. The summed E-state index contributed by atoms with van der Waals surface area (Å²) in [7, 11) is 0. The van der Waals surface area contributed by atoms with Crippen LogP contribution in [-0.4, -0.2) is 90.1 Å². The van der Waals surface area contributed by atoms with Crippen LogP contribution in [0.15, 0.2) is 24.8 Å². The molecule has 7 N–H and O–H groups in total. The third-order valence-electron chi connectivity index (χ3n) is 3.74. The molecule has 1 aliphatic rings. The Kier molecular flexibility index (Phi) is 9.47. The number of nitrogens with zero attached hydrogens (tertiary/aromatic N) is 2. The number of aliphatic carboxylic acids is 2. The lowest BCUT2D eigenvalue weighted by molar-refractivity contribution is -0.172. The minimum atomic E-state index is -2.36. The summed E-state index contributed by atoms with van der Waals surface area (Å²) >= 11 is 0. The zero-order chi connectivity index (χ0) is 20.4. The van der Waals surface area contributed by atoms with Crippen LogP contribution in [0, 0.1) is 5.92 Å². The number of carbonyl (C=O) groups is 2. The van der Waals surface area contributed by atoms with Gasteiger partial charge in [-0.25, -0.2) is 19.6 Å². The monoisotopic (exact) mass is 385 g/mol. The molecule has 0 aliphatic carbocycles. The minimum absolute atomic E-state index is 0.681. The van der Waals surface area contributed by atoms with Gasteiger partial charge in [0.1, 0.15) is 18.5 Å². The Hall–Kier alpha value is -2.44. The van der Waals surface area contributed by atoms with Crippen molar-refractivity contribution in [1.29, 1.82) is 0 Å². The van der Waals surface area contributed by atoms with Gasteiger partial charge in [-0.2, -0.15) is 0 Å². The van der Waals surface area contributed by atoms with Gasteiger partial charge in [0.2, 0.25) is 0 Å². The van der Waals surface area contributed by atoms with Crippen molar-refractivity contribution < 1.29 is 40.2 Å². The summed E-state index contributed by atoms with van der Waals surface area (Å²) in [4.78, 5) is 28.1. The zero-order valence-electron chi connectivity index (χ0n) is 14.3. The first-order valence-corrected chi connectivity index (χ1v) is 8.05. The van der Waals surface area contributed by atoms with E-state index in [9.17, 15) is 9.59 Å². The van der Waals surface area contributed by atoms with Gasteiger partial charge in [-0.15, -0.1) is 0 Å². The van der Waals surface area contributed by atoms with Crippen LogP contribution in [0.1, 0.15) is 12.0 Å². The highest BCUT2D eigenvalue weighted by molar-refractivity contribution is 5.75. The fourth-order valence-electron chi connectivity index (χ4n) is 2.15. The molecule has 0 aromatic carbocycles. The van der Waals surface area contributed by atoms with Crippen LogP contribution in [0.4, 0.5) is 0 Å². The third-order valence-corrected chi connectivity index (χ3v) is 3.74. The van der Waals surface area contributed by atoms with Crippen molar-refractivity contribution in [1.82, 2.24) is 15.3 Å². The van der Waals surface area contributed by atoms with Crippen molar-refractivity contribution in [3.63, 3.8) is 0 Å². The van der Waals surface area contributed by atoms with E-state index in [-0.39, 0.29) is 0 Å². The van der Waals surface area contributed by atoms with Gasteiger partial charge >= 0.3 is 11.9 Å². The molecule has 0 radical (unpaired) electrons. The predicted molar refractivity (Wildman–Crippen MR) is 91.3 cm³/mol. The number of rotatable bonds is 7. The molecule has 2 heterocycles. The number of aromatic nitrogens is 2. The summed E-state index contributed by atoms with van der Waals surface area (Å²) in [6.45, 7) is 2.24. The Morgan fingerprint density at radius 1 is 1.04 bits per heavy atom. The topological polar surface area (TPSA) is 193 Å². The lowest BCUT2D eigenvalue weighted by atomic mass is 10.0. The molecule has 0 amide bonds. The third kappa shape index (κ3) is 7.76. The van der Waals surface area contributed by atoms with Gasteiger partial charge in [0.15, 0.2) is 12.2 Å². The van der Waals surface area contributed by atoms with E-state index in [0.29, 0.717) is 5.92 Å². The molecule has 1 fully saturated rings. The van der Waals surface area contributed by atoms with Crippen LogP contribution < -0.4 is 5.32 Å². The van der Waals surface area contributed by atoms with Crippen LogP contribution >= 0.6 is 0 Å². The lowest BCUT2D eigenvalue weighted by Crippen LogP contribution is -2.49. The second kappa shape index (κ2) is 11.3. The quantitative estimate of drug-likeness (QED) is 0.267. The van der Waals surface area contributed by atoms with E-state index in [0.717, 1.165) is 18.7 Å². The summed E-state index contributed by atoms with van der Waals surface area (Å²) in [5.41, 5.74) is 1.08. The molecule has 1 aromatic rings. The molecule has 0 saturated carbocycles. The molecule has 1 aromatic heterocycles. The normalized spacial score (nSPS) is 21.0. The highest BCUT2D eigenvalue weighted by Crippen LogP contribution is 2.10. The van der Waals surface area contributed by atoms with E-state index >= 15 is 0 Å². The maximum absolute atomic E-state index is 10.1. The Morgan fingerprint density at radius 2 is 1.56 bits per heavy atom. The molecular formula is C16H23N3O8. The Bertz CT molecular complexity index is 597. The Morgan fingerprint density at radius 3 is 1.96 bits per heavy atom. The average Bonchev–Trinajstić information content (AvgIpc) is 3.18. The van der Waals surface area contributed by atoms with E-state index in [2.05, 4.69) is 27.4 Å². The van der Waals surface area contributed by atoms with Gasteiger partial charge in [0.25, 0.3) is 0 Å². The number of nitrogens with one attached hydrogen (secondary N) is 1. The number of carboxylic acids is 2. The van der Waals surface area contributed by atoms with Crippen molar-refractivity contribution in [2.45, 2.75) is 30.8 Å². The van der Waals surface area contributed by atoms with Crippen molar-refractivity contribution in [3.05, 3.63) is 30.4 Å². The fraction of sp³-hybridized carbons (Fsp3) is 0.500. The molecule has 1 aliphatic heterocycles. The van der Waals surface area contributed by atoms with Gasteiger partial charge in [-0.1, -0.05) is 12.2 Å². The molecule has 2 rings (SSSR count). The largest absolute Gasteiger partial charge is 0.479 e. The van der Waals surface area contributed by atoms with Crippen molar-refractivity contribution in [3.8, 4) is 0 Å². The van der Waals surface area contributed by atoms with Gasteiger partial charge < -0.3 is 36.0 Å². The zero-order valence-corrected chi connectivity index (χ0v) is 14.3. The first kappa shape index (κ1) is 22.6. The second-order valence-corrected chi connectivity index (χ2v) is 5.83. The standard InChI is InChI=1S/C10H13N3.C6H10O8/c1(9-3-4-11-5-9)2-10-6-12-8-13-7-10;7-1(3(9)5(11)12)2(8)4(10)6(13)14/h1-2,6-9,11H,3-5H2;1-4,7-10H,(H,11,12)(H,13,14)/b2-1+;/t9-;1-,2+,3+,4-/m0./s1. The van der Waals surface area contributed by atoms with Gasteiger partial charge in [0, 0.05) is 24.5 Å². The van der Waals surface area contributed by atoms with E-state index in [1.54, 1.807) is 6.33 Å². The number of aliphatic hydroxyl groups excluding tert-OH is 4. The maximum atomic E-state index is 10.1. The molecule has 150 valence electrons. The van der Waals surface area contributed by atoms with Gasteiger partial charge in [0.05, 0.1) is 0 Å². The SMILES string of the molecule is C(=C\[C@H]1CCNC1)/c1cncnc1.O=C(O)[C@@H](O)[C@H](O)[C@H](O)[C@@H](O)C(=O)O. The molecule has 0 unspecified atom stereocenters. The molecule has 11 nitrogen and oxygen atoms in total. The summed E-state index contributed by atoms with van der Waals surface area (Å²) in [5, 5.41) is 54.8. The molecule has 0 spiro atoms. The van der Waals surface area contributed by atoms with Gasteiger partial charge in [-0.3, -0.25) is 0 Å². The second-order valence-electron chi connectivity index (χ2n) is 5.83. The van der Waals surface area contributed by atoms with Crippen molar-refractivity contribution in [2.75, 3.05) is 13.1 Å². The van der Waals surface area contributed by atoms with Crippen molar-refractivity contribution in [2.24, 2.45) is 5.92 Å². The van der Waals surface area contributed by atoms with Crippen LogP contribution in [0.3, 0.4) is 0 Å². The maximum Gasteiger partial charge on any atom is 0.335 e. The number of hydrogen-bond donors (Lipinski definition) is 7. The molecular weight excluding hydrogens is 362 g/mol. The fourth-order valence-corrected chi connectivity index (χ4v) is 2.15. The van der Waals surface area contributed by atoms with Crippen molar-refractivity contribution >= 4 is 18.0 Å². The van der Waals surface area contributed by atoms with Crippen LogP contribution in [0.25, 0.3) is 6.08 Å². The Labute approximate surface area is 154 Å². The average molecular weight is 385 g/mol. The first-order chi connectivity index (χ1) is 12.7. The summed E-state index contributed by atoms with van der Waals surface area (Å²) in [6, 6.07) is 0. The molecule has 1 saturated heterocycles. The van der Waals surface area contributed by atoms with Gasteiger partial charge in [-0.05, 0) is 18.9 Å². The molecule has 0 bridgehead atoms. The van der Waals surface area contributed by atoms with E-state index in [1.807, 2.05) is 12.4 Å². The molecule has 27 heavy (non-hydrogen) atoms. The number of hydrogen-bond acceptors (Lipinski definition) is 9. The smallest absolute Gasteiger partial charge is 0.335 e. The summed E-state index contributed by atoms with van der Waals surface area (Å²) < 4.78 is 0. The molecule has 11 heteroatoms. The van der Waals surface area contributed by atoms with Crippen LogP contribution in [-0.2, 0) is 9.59 Å². The minimum Gasteiger partial charge on any atom is -0.479 e. The predicted octanol–water partition coefficient (Wildman–Crippen LogP) is -2.30. The Balaban J connectivity index is 0.000000270.